The maximum absolute atomic E-state index is 6.01. The van der Waals surface area contributed by atoms with E-state index in [0.717, 1.165) is 35.2 Å². The zero-order valence-corrected chi connectivity index (χ0v) is 12.4. The fourth-order valence-corrected chi connectivity index (χ4v) is 2.47. The normalized spacial score (nSPS) is 10.7. The Balaban J connectivity index is 1.60. The molecule has 106 valence electrons. The van der Waals surface area contributed by atoms with Gasteiger partial charge < -0.3 is 9.73 Å². The van der Waals surface area contributed by atoms with Crippen LogP contribution in [0.25, 0.3) is 11.3 Å². The van der Waals surface area contributed by atoms with Crippen molar-refractivity contribution in [3.05, 3.63) is 83.1 Å². The minimum atomic E-state index is 0.723. The molecule has 0 spiro atoms. The van der Waals surface area contributed by atoms with Gasteiger partial charge >= 0.3 is 0 Å². The van der Waals surface area contributed by atoms with E-state index in [1.54, 1.807) is 0 Å². The van der Waals surface area contributed by atoms with Crippen LogP contribution in [0.4, 0.5) is 0 Å². The maximum atomic E-state index is 6.01. The highest BCUT2D eigenvalue weighted by molar-refractivity contribution is 6.30. The van der Waals surface area contributed by atoms with Gasteiger partial charge in [-0.3, -0.25) is 0 Å². The SMILES string of the molecule is Clc1cccc(-c2ccc(C[NH2+]Cc3ccccc3)o2)c1. The van der Waals surface area contributed by atoms with Crippen LogP contribution in [0.1, 0.15) is 11.3 Å². The van der Waals surface area contributed by atoms with E-state index in [9.17, 15) is 0 Å². The van der Waals surface area contributed by atoms with Crippen LogP contribution in [0.15, 0.2) is 71.1 Å². The molecule has 0 saturated carbocycles. The van der Waals surface area contributed by atoms with E-state index in [4.69, 9.17) is 16.0 Å². The second-order valence-corrected chi connectivity index (χ2v) is 5.40. The molecule has 0 atom stereocenters. The summed E-state index contributed by atoms with van der Waals surface area (Å²) < 4.78 is 5.87. The Labute approximate surface area is 129 Å². The summed E-state index contributed by atoms with van der Waals surface area (Å²) in [6.07, 6.45) is 0. The van der Waals surface area contributed by atoms with Crippen LogP contribution in [0, 0.1) is 0 Å². The predicted octanol–water partition coefficient (Wildman–Crippen LogP) is 3.86. The minimum absolute atomic E-state index is 0.723. The summed E-state index contributed by atoms with van der Waals surface area (Å²) in [5.41, 5.74) is 2.33. The van der Waals surface area contributed by atoms with Crippen LogP contribution < -0.4 is 5.32 Å². The molecule has 0 radical (unpaired) electrons. The zero-order chi connectivity index (χ0) is 14.5. The summed E-state index contributed by atoms with van der Waals surface area (Å²) in [6.45, 7) is 1.78. The Hall–Kier alpha value is -2.03. The zero-order valence-electron chi connectivity index (χ0n) is 11.6. The molecule has 0 bridgehead atoms. The smallest absolute Gasteiger partial charge is 0.158 e. The first-order valence-corrected chi connectivity index (χ1v) is 7.39. The van der Waals surface area contributed by atoms with Crippen molar-refractivity contribution in [1.29, 1.82) is 0 Å². The number of hydrogen-bond donors (Lipinski definition) is 1. The first-order valence-electron chi connectivity index (χ1n) is 7.01. The lowest BCUT2D eigenvalue weighted by molar-refractivity contribution is -0.687. The molecule has 0 unspecified atom stereocenters. The average Bonchev–Trinajstić information content (AvgIpc) is 2.97. The molecule has 2 nitrogen and oxygen atoms in total. The Morgan fingerprint density at radius 2 is 1.71 bits per heavy atom. The van der Waals surface area contributed by atoms with Crippen molar-refractivity contribution in [1.82, 2.24) is 0 Å². The van der Waals surface area contributed by atoms with E-state index < -0.39 is 0 Å². The van der Waals surface area contributed by atoms with Crippen LogP contribution in [0.3, 0.4) is 0 Å². The quantitative estimate of drug-likeness (QED) is 0.761. The third-order valence-corrected chi connectivity index (χ3v) is 3.57. The van der Waals surface area contributed by atoms with Gasteiger partial charge in [-0.25, -0.2) is 0 Å². The molecule has 2 aromatic carbocycles. The van der Waals surface area contributed by atoms with Gasteiger partial charge in [-0.2, -0.15) is 0 Å². The van der Waals surface area contributed by atoms with Crippen LogP contribution in [0.5, 0.6) is 0 Å². The Kier molecular flexibility index (Phi) is 4.39. The number of benzene rings is 2. The van der Waals surface area contributed by atoms with Crippen LogP contribution in [0.2, 0.25) is 5.02 Å². The molecule has 1 aromatic heterocycles. The van der Waals surface area contributed by atoms with Crippen molar-refractivity contribution >= 4 is 11.6 Å². The fourth-order valence-electron chi connectivity index (χ4n) is 2.28. The monoisotopic (exact) mass is 298 g/mol. The topological polar surface area (TPSA) is 29.8 Å². The van der Waals surface area contributed by atoms with Crippen LogP contribution >= 0.6 is 11.6 Å². The van der Waals surface area contributed by atoms with Gasteiger partial charge in [0.2, 0.25) is 0 Å². The minimum Gasteiger partial charge on any atom is -0.455 e. The molecule has 0 aliphatic rings. The van der Waals surface area contributed by atoms with Crippen molar-refractivity contribution < 1.29 is 9.73 Å². The van der Waals surface area contributed by atoms with E-state index in [-0.39, 0.29) is 0 Å². The number of quaternary nitrogens is 1. The van der Waals surface area contributed by atoms with Gasteiger partial charge in [-0.1, -0.05) is 54.1 Å². The third-order valence-electron chi connectivity index (χ3n) is 3.34. The van der Waals surface area contributed by atoms with E-state index in [2.05, 4.69) is 29.6 Å². The summed E-state index contributed by atoms with van der Waals surface area (Å²) in [5.74, 6) is 1.83. The lowest BCUT2D eigenvalue weighted by Crippen LogP contribution is -2.80. The molecule has 3 heteroatoms. The molecular formula is C18H17ClNO+. The van der Waals surface area contributed by atoms with Crippen molar-refractivity contribution in [3.63, 3.8) is 0 Å². The molecule has 3 aromatic rings. The average molecular weight is 299 g/mol. The molecule has 3 rings (SSSR count). The van der Waals surface area contributed by atoms with Crippen molar-refractivity contribution in [2.24, 2.45) is 0 Å². The first-order chi connectivity index (χ1) is 10.3. The molecule has 2 N–H and O–H groups in total. The van der Waals surface area contributed by atoms with Gasteiger partial charge in [0, 0.05) is 16.1 Å². The summed E-state index contributed by atoms with van der Waals surface area (Å²) in [5, 5.41) is 2.96. The number of furan rings is 1. The van der Waals surface area contributed by atoms with E-state index in [1.807, 2.05) is 42.5 Å². The van der Waals surface area contributed by atoms with E-state index in [0.29, 0.717) is 0 Å². The van der Waals surface area contributed by atoms with E-state index in [1.165, 1.54) is 5.56 Å². The Bertz CT molecular complexity index is 706. The van der Waals surface area contributed by atoms with Gasteiger partial charge in [0.15, 0.2) is 5.76 Å². The highest BCUT2D eigenvalue weighted by Gasteiger charge is 2.06. The highest BCUT2D eigenvalue weighted by Crippen LogP contribution is 2.24. The summed E-state index contributed by atoms with van der Waals surface area (Å²) in [6, 6.07) is 22.2. The first kappa shape index (κ1) is 13.9. The predicted molar refractivity (Wildman–Crippen MR) is 84.9 cm³/mol. The second kappa shape index (κ2) is 6.61. The number of nitrogens with two attached hydrogens (primary N) is 1. The van der Waals surface area contributed by atoms with Crippen molar-refractivity contribution in [2.75, 3.05) is 0 Å². The molecule has 0 aliphatic carbocycles. The summed E-state index contributed by atoms with van der Waals surface area (Å²) >= 11 is 6.01. The third kappa shape index (κ3) is 3.75. The standard InChI is InChI=1S/C18H16ClNO/c19-16-8-4-7-15(11-16)18-10-9-17(21-18)13-20-12-14-5-2-1-3-6-14/h1-11,20H,12-13H2/p+1. The van der Waals surface area contributed by atoms with Gasteiger partial charge in [-0.05, 0) is 24.3 Å². The Morgan fingerprint density at radius 3 is 2.52 bits per heavy atom. The number of halogens is 1. The van der Waals surface area contributed by atoms with Crippen LogP contribution in [-0.2, 0) is 13.1 Å². The number of hydrogen-bond acceptors (Lipinski definition) is 1. The fraction of sp³-hybridized carbons (Fsp3) is 0.111. The summed E-state index contributed by atoms with van der Waals surface area (Å²) in [7, 11) is 0. The molecule has 0 saturated heterocycles. The van der Waals surface area contributed by atoms with Gasteiger partial charge in [0.05, 0.1) is 0 Å². The van der Waals surface area contributed by atoms with Crippen molar-refractivity contribution in [3.8, 4) is 11.3 Å². The highest BCUT2D eigenvalue weighted by atomic mass is 35.5. The summed E-state index contributed by atoms with van der Waals surface area (Å²) in [4.78, 5) is 0. The Morgan fingerprint density at radius 1 is 0.857 bits per heavy atom. The molecular weight excluding hydrogens is 282 g/mol. The molecule has 0 aliphatic heterocycles. The van der Waals surface area contributed by atoms with Gasteiger partial charge in [0.1, 0.15) is 18.8 Å². The van der Waals surface area contributed by atoms with E-state index >= 15 is 0 Å². The second-order valence-electron chi connectivity index (χ2n) is 4.96. The molecule has 21 heavy (non-hydrogen) atoms. The number of rotatable bonds is 5. The van der Waals surface area contributed by atoms with Crippen LogP contribution in [-0.4, -0.2) is 0 Å². The lowest BCUT2D eigenvalue weighted by atomic mass is 10.2. The van der Waals surface area contributed by atoms with Crippen molar-refractivity contribution in [2.45, 2.75) is 13.1 Å². The maximum Gasteiger partial charge on any atom is 0.158 e. The molecule has 1 heterocycles. The molecule has 0 amide bonds. The lowest BCUT2D eigenvalue weighted by Gasteiger charge is -2.00. The molecule has 0 fully saturated rings. The van der Waals surface area contributed by atoms with Gasteiger partial charge in [-0.15, -0.1) is 0 Å². The van der Waals surface area contributed by atoms with Gasteiger partial charge in [0.25, 0.3) is 0 Å². The largest absolute Gasteiger partial charge is 0.455 e.